The molecule has 1 saturated heterocycles. The van der Waals surface area contributed by atoms with Crippen LogP contribution in [0.4, 0.5) is 0 Å². The highest BCUT2D eigenvalue weighted by molar-refractivity contribution is 7.71. The summed E-state index contributed by atoms with van der Waals surface area (Å²) < 4.78 is 2.18. The van der Waals surface area contributed by atoms with E-state index in [0.29, 0.717) is 10.6 Å². The Balaban J connectivity index is 1.88. The van der Waals surface area contributed by atoms with Crippen LogP contribution in [0.2, 0.25) is 0 Å². The van der Waals surface area contributed by atoms with Crippen molar-refractivity contribution in [1.29, 1.82) is 0 Å². The maximum absolute atomic E-state index is 12.2. The van der Waals surface area contributed by atoms with Crippen LogP contribution in [0.25, 0.3) is 11.4 Å². The number of aromatic nitrogens is 4. The Morgan fingerprint density at radius 2 is 2.20 bits per heavy atom. The molecular weight excluding hydrogens is 274 g/mol. The number of H-pyrrole nitrogens is 1. The normalized spacial score (nSPS) is 14.7. The second kappa shape index (κ2) is 5.54. The first kappa shape index (κ1) is 13.0. The summed E-state index contributed by atoms with van der Waals surface area (Å²) in [7, 11) is 0. The fourth-order valence-electron chi connectivity index (χ4n) is 2.38. The van der Waals surface area contributed by atoms with Crippen molar-refractivity contribution in [3.8, 4) is 11.4 Å². The second-order valence-electron chi connectivity index (χ2n) is 4.77. The van der Waals surface area contributed by atoms with E-state index in [2.05, 4.69) is 15.2 Å². The monoisotopic (exact) mass is 289 g/mol. The van der Waals surface area contributed by atoms with Gasteiger partial charge in [-0.2, -0.15) is 5.10 Å². The van der Waals surface area contributed by atoms with Gasteiger partial charge in [-0.1, -0.05) is 0 Å². The number of rotatable bonds is 3. The Bertz CT molecular complexity index is 657. The standard InChI is InChI=1S/C13H15N5OS/c19-11(17-6-1-2-7-17)9-18-12(15-16-13(18)20)10-4-3-5-14-8-10/h3-5,8H,1-2,6-7,9H2,(H,16,20). The predicted octanol–water partition coefficient (Wildman–Crippen LogP) is 1.63. The number of aromatic amines is 1. The third-order valence-corrected chi connectivity index (χ3v) is 3.74. The molecule has 20 heavy (non-hydrogen) atoms. The molecule has 0 aliphatic carbocycles. The minimum absolute atomic E-state index is 0.0881. The van der Waals surface area contributed by atoms with Crippen LogP contribution in [-0.2, 0) is 11.3 Å². The number of pyridine rings is 1. The fourth-order valence-corrected chi connectivity index (χ4v) is 2.58. The SMILES string of the molecule is O=C(Cn1c(-c2cccnc2)n[nH]c1=S)N1CCCC1. The van der Waals surface area contributed by atoms with Gasteiger partial charge in [0.05, 0.1) is 0 Å². The second-order valence-corrected chi connectivity index (χ2v) is 5.15. The largest absolute Gasteiger partial charge is 0.341 e. The average molecular weight is 289 g/mol. The molecule has 0 unspecified atom stereocenters. The van der Waals surface area contributed by atoms with E-state index in [1.165, 1.54) is 0 Å². The van der Waals surface area contributed by atoms with Crippen LogP contribution in [0.3, 0.4) is 0 Å². The van der Waals surface area contributed by atoms with Crippen molar-refractivity contribution in [3.63, 3.8) is 0 Å². The summed E-state index contributed by atoms with van der Waals surface area (Å²) >= 11 is 5.22. The van der Waals surface area contributed by atoms with Crippen LogP contribution >= 0.6 is 12.2 Å². The lowest BCUT2D eigenvalue weighted by Gasteiger charge is -2.16. The van der Waals surface area contributed by atoms with Gasteiger partial charge in [0.25, 0.3) is 0 Å². The van der Waals surface area contributed by atoms with E-state index in [-0.39, 0.29) is 12.5 Å². The molecule has 0 bridgehead atoms. The number of carbonyl (C=O) groups excluding carboxylic acids is 1. The zero-order chi connectivity index (χ0) is 13.9. The quantitative estimate of drug-likeness (QED) is 0.872. The molecule has 0 spiro atoms. The molecule has 0 aromatic carbocycles. The highest BCUT2D eigenvalue weighted by Crippen LogP contribution is 2.16. The molecule has 3 heterocycles. The van der Waals surface area contributed by atoms with Gasteiger partial charge in [-0.25, -0.2) is 0 Å². The summed E-state index contributed by atoms with van der Waals surface area (Å²) in [5.41, 5.74) is 0.842. The van der Waals surface area contributed by atoms with Crippen molar-refractivity contribution in [3.05, 3.63) is 29.3 Å². The number of nitrogens with one attached hydrogen (secondary N) is 1. The first-order valence-corrected chi connectivity index (χ1v) is 7.00. The molecule has 1 aliphatic rings. The van der Waals surface area contributed by atoms with Crippen LogP contribution in [0.1, 0.15) is 12.8 Å². The molecule has 0 atom stereocenters. The van der Waals surface area contributed by atoms with Crippen LogP contribution in [-0.4, -0.2) is 43.6 Å². The summed E-state index contributed by atoms with van der Waals surface area (Å²) in [6, 6.07) is 3.73. The Hall–Kier alpha value is -2.02. The molecule has 6 nitrogen and oxygen atoms in total. The van der Waals surface area contributed by atoms with Gasteiger partial charge in [0.1, 0.15) is 6.54 Å². The van der Waals surface area contributed by atoms with Gasteiger partial charge in [0.15, 0.2) is 10.6 Å². The van der Waals surface area contributed by atoms with E-state index >= 15 is 0 Å². The van der Waals surface area contributed by atoms with Crippen LogP contribution < -0.4 is 0 Å². The summed E-state index contributed by atoms with van der Waals surface area (Å²) in [6.45, 7) is 1.90. The summed E-state index contributed by atoms with van der Waals surface area (Å²) in [6.07, 6.45) is 5.57. The molecule has 3 rings (SSSR count). The summed E-state index contributed by atoms with van der Waals surface area (Å²) in [5, 5.41) is 6.95. The first-order chi connectivity index (χ1) is 9.75. The van der Waals surface area contributed by atoms with Crippen molar-refractivity contribution in [1.82, 2.24) is 24.6 Å². The smallest absolute Gasteiger partial charge is 0.242 e. The molecule has 1 fully saturated rings. The number of nitrogens with zero attached hydrogens (tertiary/aromatic N) is 4. The van der Waals surface area contributed by atoms with E-state index in [9.17, 15) is 4.79 Å². The van der Waals surface area contributed by atoms with E-state index < -0.39 is 0 Å². The highest BCUT2D eigenvalue weighted by atomic mass is 32.1. The predicted molar refractivity (Wildman–Crippen MR) is 76.5 cm³/mol. The van der Waals surface area contributed by atoms with Gasteiger partial charge < -0.3 is 4.90 Å². The van der Waals surface area contributed by atoms with Crippen LogP contribution in [0.5, 0.6) is 0 Å². The third kappa shape index (κ3) is 2.49. The van der Waals surface area contributed by atoms with Gasteiger partial charge in [0, 0.05) is 31.0 Å². The Kier molecular flexibility index (Phi) is 3.60. The Labute approximate surface area is 121 Å². The summed E-state index contributed by atoms with van der Waals surface area (Å²) in [5.74, 6) is 0.737. The Morgan fingerprint density at radius 3 is 2.90 bits per heavy atom. The number of likely N-dealkylation sites (tertiary alicyclic amines) is 1. The van der Waals surface area contributed by atoms with Crippen LogP contribution in [0.15, 0.2) is 24.5 Å². The molecule has 2 aromatic heterocycles. The lowest BCUT2D eigenvalue weighted by molar-refractivity contribution is -0.130. The first-order valence-electron chi connectivity index (χ1n) is 6.59. The van der Waals surface area contributed by atoms with E-state index in [1.807, 2.05) is 17.0 Å². The maximum Gasteiger partial charge on any atom is 0.242 e. The molecule has 1 amide bonds. The summed E-state index contributed by atoms with van der Waals surface area (Å²) in [4.78, 5) is 18.2. The number of carbonyl (C=O) groups is 1. The average Bonchev–Trinajstić information content (AvgIpc) is 3.11. The third-order valence-electron chi connectivity index (χ3n) is 3.43. The van der Waals surface area contributed by atoms with Gasteiger partial charge in [-0.15, -0.1) is 0 Å². The van der Waals surface area contributed by atoms with E-state index in [4.69, 9.17) is 12.2 Å². The minimum atomic E-state index is 0.0881. The lowest BCUT2D eigenvalue weighted by atomic mass is 10.2. The topological polar surface area (TPSA) is 66.8 Å². The zero-order valence-electron chi connectivity index (χ0n) is 11.0. The molecule has 1 N–H and O–H groups in total. The van der Waals surface area contributed by atoms with Gasteiger partial charge in [0.2, 0.25) is 5.91 Å². The number of amides is 1. The van der Waals surface area contributed by atoms with Crippen molar-refractivity contribution in [2.45, 2.75) is 19.4 Å². The van der Waals surface area contributed by atoms with Crippen LogP contribution in [0, 0.1) is 4.77 Å². The Morgan fingerprint density at radius 1 is 1.40 bits per heavy atom. The number of hydrogen-bond acceptors (Lipinski definition) is 4. The molecular formula is C13H15N5OS. The van der Waals surface area contributed by atoms with E-state index in [0.717, 1.165) is 31.5 Å². The van der Waals surface area contributed by atoms with Crippen molar-refractivity contribution < 1.29 is 4.79 Å². The van der Waals surface area contributed by atoms with Crippen molar-refractivity contribution in [2.24, 2.45) is 0 Å². The fraction of sp³-hybridized carbons (Fsp3) is 0.385. The number of hydrogen-bond donors (Lipinski definition) is 1. The van der Waals surface area contributed by atoms with Crippen molar-refractivity contribution in [2.75, 3.05) is 13.1 Å². The van der Waals surface area contributed by atoms with E-state index in [1.54, 1.807) is 17.0 Å². The van der Waals surface area contributed by atoms with Gasteiger partial charge in [-0.3, -0.25) is 19.4 Å². The van der Waals surface area contributed by atoms with Crippen molar-refractivity contribution >= 4 is 18.1 Å². The molecule has 2 aromatic rings. The highest BCUT2D eigenvalue weighted by Gasteiger charge is 2.20. The molecule has 0 radical (unpaired) electrons. The maximum atomic E-state index is 12.2. The zero-order valence-corrected chi connectivity index (χ0v) is 11.8. The van der Waals surface area contributed by atoms with Gasteiger partial charge >= 0.3 is 0 Å². The molecule has 0 saturated carbocycles. The lowest BCUT2D eigenvalue weighted by Crippen LogP contribution is -2.31. The minimum Gasteiger partial charge on any atom is -0.341 e. The molecule has 7 heteroatoms. The van der Waals surface area contributed by atoms with Gasteiger partial charge in [-0.05, 0) is 37.2 Å². The molecule has 104 valence electrons. The molecule has 1 aliphatic heterocycles.